The summed E-state index contributed by atoms with van der Waals surface area (Å²) in [4.78, 5) is 2.99. The van der Waals surface area contributed by atoms with Crippen molar-refractivity contribution in [2.24, 2.45) is 5.92 Å². The summed E-state index contributed by atoms with van der Waals surface area (Å²) in [5.41, 5.74) is 1.44. The number of hydrogen-bond acceptors (Lipinski definition) is 2. The van der Waals surface area contributed by atoms with Gasteiger partial charge in [0.15, 0.2) is 0 Å². The normalized spacial score (nSPS) is 18.1. The number of rotatable bonds is 7. The number of hydrogen-bond donors (Lipinski definition) is 0. The van der Waals surface area contributed by atoms with E-state index < -0.39 is 0 Å². The Hall–Kier alpha value is -0.860. The van der Waals surface area contributed by atoms with Gasteiger partial charge in [-0.3, -0.25) is 0 Å². The topological polar surface area (TPSA) is 0 Å². The number of thiophene rings is 2. The van der Waals surface area contributed by atoms with Crippen molar-refractivity contribution in [2.75, 3.05) is 0 Å². The fourth-order valence-corrected chi connectivity index (χ4v) is 5.66. The van der Waals surface area contributed by atoms with E-state index in [0.29, 0.717) is 0 Å². The van der Waals surface area contributed by atoms with Crippen LogP contribution in [0.1, 0.15) is 62.1 Å². The number of allylic oxidation sites excluding steroid dienone is 4. The van der Waals surface area contributed by atoms with Gasteiger partial charge in [-0.2, -0.15) is 0 Å². The molecule has 1 aliphatic rings. The third-order valence-electron chi connectivity index (χ3n) is 4.41. The van der Waals surface area contributed by atoms with Gasteiger partial charge in [0.1, 0.15) is 0 Å². The van der Waals surface area contributed by atoms with Crippen molar-refractivity contribution in [3.63, 3.8) is 0 Å². The van der Waals surface area contributed by atoms with E-state index in [1.807, 2.05) is 22.7 Å². The Balaban J connectivity index is 1.65. The van der Waals surface area contributed by atoms with Crippen LogP contribution >= 0.6 is 22.7 Å². The Kier molecular flexibility index (Phi) is 5.54. The first kappa shape index (κ1) is 16.0. The van der Waals surface area contributed by atoms with Crippen molar-refractivity contribution in [3.05, 3.63) is 40.1 Å². The van der Waals surface area contributed by atoms with Crippen LogP contribution in [0.2, 0.25) is 0 Å². The molecule has 0 bridgehead atoms. The molecule has 22 heavy (non-hydrogen) atoms. The minimum atomic E-state index is 0.771. The highest BCUT2D eigenvalue weighted by atomic mass is 32.1. The zero-order valence-corrected chi connectivity index (χ0v) is 15.4. The molecule has 1 atom stereocenters. The van der Waals surface area contributed by atoms with Gasteiger partial charge in [-0.05, 0) is 42.9 Å². The molecule has 0 N–H and O–H groups in total. The molecule has 0 radical (unpaired) electrons. The quantitative estimate of drug-likeness (QED) is 0.462. The summed E-state index contributed by atoms with van der Waals surface area (Å²) in [7, 11) is 0. The van der Waals surface area contributed by atoms with E-state index in [9.17, 15) is 0 Å². The zero-order valence-electron chi connectivity index (χ0n) is 13.7. The van der Waals surface area contributed by atoms with Gasteiger partial charge in [-0.25, -0.2) is 0 Å². The van der Waals surface area contributed by atoms with Gasteiger partial charge < -0.3 is 0 Å². The second-order valence-corrected chi connectivity index (χ2v) is 8.56. The van der Waals surface area contributed by atoms with Crippen molar-refractivity contribution in [1.82, 2.24) is 0 Å². The highest BCUT2D eigenvalue weighted by Gasteiger charge is 2.13. The van der Waals surface area contributed by atoms with E-state index in [4.69, 9.17) is 0 Å². The van der Waals surface area contributed by atoms with Crippen molar-refractivity contribution in [3.8, 4) is 0 Å². The second kappa shape index (κ2) is 7.61. The third kappa shape index (κ3) is 3.72. The Labute approximate surface area is 142 Å². The van der Waals surface area contributed by atoms with E-state index in [-0.39, 0.29) is 0 Å². The largest absolute Gasteiger partial charge is 0.139 e. The highest BCUT2D eigenvalue weighted by molar-refractivity contribution is 7.28. The lowest BCUT2D eigenvalue weighted by Gasteiger charge is -2.15. The lowest BCUT2D eigenvalue weighted by molar-refractivity contribution is 0.543. The van der Waals surface area contributed by atoms with Gasteiger partial charge in [0, 0.05) is 19.2 Å². The predicted molar refractivity (Wildman–Crippen MR) is 103 cm³/mol. The molecule has 0 saturated carbocycles. The summed E-state index contributed by atoms with van der Waals surface area (Å²) in [6, 6.07) is 4.80. The highest BCUT2D eigenvalue weighted by Crippen LogP contribution is 2.38. The maximum Gasteiger partial charge on any atom is 0.0460 e. The van der Waals surface area contributed by atoms with Crippen LogP contribution in [0.15, 0.2) is 30.4 Å². The molecule has 0 fully saturated rings. The summed E-state index contributed by atoms with van der Waals surface area (Å²) in [6.07, 6.45) is 16.4. The van der Waals surface area contributed by atoms with E-state index in [2.05, 4.69) is 44.2 Å². The van der Waals surface area contributed by atoms with Crippen LogP contribution in [0.25, 0.3) is 15.0 Å². The van der Waals surface area contributed by atoms with E-state index in [1.165, 1.54) is 64.8 Å². The van der Waals surface area contributed by atoms with Gasteiger partial charge in [0.2, 0.25) is 0 Å². The molecule has 2 aromatic heterocycles. The number of unbranched alkanes of at least 4 members (excludes halogenated alkanes) is 2. The molecule has 0 spiro atoms. The maximum absolute atomic E-state index is 2.46. The summed E-state index contributed by atoms with van der Waals surface area (Å²) in [5.74, 6) is 0.771. The molecular formula is C20H26S2. The van der Waals surface area contributed by atoms with Crippen molar-refractivity contribution >= 4 is 37.6 Å². The van der Waals surface area contributed by atoms with Gasteiger partial charge in [0.05, 0.1) is 0 Å². The molecule has 1 aliphatic carbocycles. The number of fused-ring (bicyclic) bond motifs is 1. The average Bonchev–Trinajstić information content (AvgIpc) is 3.07. The molecule has 2 heterocycles. The second-order valence-electron chi connectivity index (χ2n) is 6.31. The summed E-state index contributed by atoms with van der Waals surface area (Å²) < 4.78 is 2.95. The van der Waals surface area contributed by atoms with Crippen molar-refractivity contribution in [1.29, 1.82) is 0 Å². The van der Waals surface area contributed by atoms with Crippen LogP contribution in [0.3, 0.4) is 0 Å². The molecule has 118 valence electrons. The molecule has 2 heteroatoms. The van der Waals surface area contributed by atoms with Crippen molar-refractivity contribution < 1.29 is 0 Å². The van der Waals surface area contributed by atoms with Gasteiger partial charge >= 0.3 is 0 Å². The first-order valence-corrected chi connectivity index (χ1v) is 10.3. The fourth-order valence-electron chi connectivity index (χ4n) is 3.12. The summed E-state index contributed by atoms with van der Waals surface area (Å²) in [6.45, 7) is 4.54. The predicted octanol–water partition coefficient (Wildman–Crippen LogP) is 7.46. The van der Waals surface area contributed by atoms with Crippen LogP contribution < -0.4 is 0 Å². The van der Waals surface area contributed by atoms with Gasteiger partial charge in [-0.1, -0.05) is 57.8 Å². The third-order valence-corrected chi connectivity index (χ3v) is 6.81. The molecule has 0 amide bonds. The Morgan fingerprint density at radius 2 is 1.91 bits per heavy atom. The average molecular weight is 331 g/mol. The van der Waals surface area contributed by atoms with E-state index >= 15 is 0 Å². The van der Waals surface area contributed by atoms with Gasteiger partial charge in [-0.15, -0.1) is 22.7 Å². The molecule has 3 rings (SSSR count). The monoisotopic (exact) mass is 330 g/mol. The molecule has 0 saturated heterocycles. The Bertz CT molecular complexity index is 637. The molecule has 1 unspecified atom stereocenters. The molecule has 0 aromatic carbocycles. The lowest BCUT2D eigenvalue weighted by atomic mass is 9.91. The standard InChI is InChI=1S/C20H26S2/c1-3-5-6-8-15-9-11-16(12-10-15)18-14-20-19(22-18)13-17(21-20)7-4-2/h9,11-15H,3-8,10H2,1-2H3. The van der Waals surface area contributed by atoms with E-state index in [1.54, 1.807) is 4.88 Å². The molecule has 2 aromatic rings. The molecule has 0 aliphatic heterocycles. The lowest BCUT2D eigenvalue weighted by Crippen LogP contribution is -1.99. The maximum atomic E-state index is 2.46. The minimum Gasteiger partial charge on any atom is -0.139 e. The first-order valence-electron chi connectivity index (χ1n) is 8.71. The van der Waals surface area contributed by atoms with Crippen LogP contribution in [-0.2, 0) is 6.42 Å². The van der Waals surface area contributed by atoms with Crippen LogP contribution in [0.5, 0.6) is 0 Å². The molecular weight excluding hydrogens is 304 g/mol. The number of aryl methyl sites for hydroxylation is 1. The van der Waals surface area contributed by atoms with E-state index in [0.717, 1.165) is 5.92 Å². The van der Waals surface area contributed by atoms with Crippen molar-refractivity contribution in [2.45, 2.75) is 58.8 Å². The van der Waals surface area contributed by atoms with Gasteiger partial charge in [0.25, 0.3) is 0 Å². The van der Waals surface area contributed by atoms with Crippen LogP contribution in [-0.4, -0.2) is 0 Å². The minimum absolute atomic E-state index is 0.771. The zero-order chi connectivity index (χ0) is 15.4. The Morgan fingerprint density at radius 3 is 2.59 bits per heavy atom. The summed E-state index contributed by atoms with van der Waals surface area (Å²) in [5, 5.41) is 0. The van der Waals surface area contributed by atoms with Crippen LogP contribution in [0, 0.1) is 5.92 Å². The first-order chi connectivity index (χ1) is 10.8. The summed E-state index contributed by atoms with van der Waals surface area (Å²) >= 11 is 3.94. The van der Waals surface area contributed by atoms with Crippen LogP contribution in [0.4, 0.5) is 0 Å². The SMILES string of the molecule is CCCCCC1C=CC(c2cc3sc(CCC)cc3s2)=CC1. The molecule has 0 nitrogen and oxygen atoms in total. The fraction of sp³-hybridized carbons (Fsp3) is 0.500. The Morgan fingerprint density at radius 1 is 1.05 bits per heavy atom. The smallest absolute Gasteiger partial charge is 0.0460 e.